The lowest BCUT2D eigenvalue weighted by atomic mass is 10.1. The molecule has 0 saturated carbocycles. The number of aliphatic hydroxyl groups is 1. The van der Waals surface area contributed by atoms with Crippen molar-refractivity contribution in [3.63, 3.8) is 0 Å². The first kappa shape index (κ1) is 8.87. The summed E-state index contributed by atoms with van der Waals surface area (Å²) >= 11 is 0. The molecule has 0 aliphatic rings. The summed E-state index contributed by atoms with van der Waals surface area (Å²) in [7, 11) is 0. The van der Waals surface area contributed by atoms with Gasteiger partial charge in [-0.3, -0.25) is 4.98 Å². The predicted octanol–water partition coefficient (Wildman–Crippen LogP) is 1.09. The minimum Gasteiger partial charge on any atom is -0.388 e. The fraction of sp³-hybridized carbons (Fsp3) is 0.333. The molecule has 1 heterocycles. The molecule has 0 bridgehead atoms. The number of aromatic nitrogens is 1. The Hall–Kier alpha value is -1.22. The van der Waals surface area contributed by atoms with Gasteiger partial charge in [-0.25, -0.2) is 0 Å². The molecule has 0 fully saturated rings. The van der Waals surface area contributed by atoms with Crippen LogP contribution in [0.2, 0.25) is 0 Å². The largest absolute Gasteiger partial charge is 0.388 e. The summed E-state index contributed by atoms with van der Waals surface area (Å²) in [5.41, 5.74) is 0.763. The molecule has 0 spiro atoms. The molecule has 0 aliphatic carbocycles. The van der Waals surface area contributed by atoms with Gasteiger partial charge in [0.25, 0.3) is 0 Å². The Bertz CT molecular complexity index is 236. The number of aldehydes is 1. The summed E-state index contributed by atoms with van der Waals surface area (Å²) in [6.07, 6.45) is 4.35. The third-order valence-corrected chi connectivity index (χ3v) is 1.63. The van der Waals surface area contributed by atoms with Gasteiger partial charge in [0.15, 0.2) is 0 Å². The third-order valence-electron chi connectivity index (χ3n) is 1.63. The highest BCUT2D eigenvalue weighted by Gasteiger charge is 2.05. The van der Waals surface area contributed by atoms with Crippen molar-refractivity contribution in [1.29, 1.82) is 0 Å². The number of pyridine rings is 1. The fourth-order valence-electron chi connectivity index (χ4n) is 0.966. The summed E-state index contributed by atoms with van der Waals surface area (Å²) < 4.78 is 0. The van der Waals surface area contributed by atoms with Gasteiger partial charge < -0.3 is 9.90 Å². The van der Waals surface area contributed by atoms with Gasteiger partial charge in [0.05, 0.1) is 6.10 Å². The molecule has 0 saturated heterocycles. The van der Waals surface area contributed by atoms with Crippen LogP contribution in [0.25, 0.3) is 0 Å². The molecule has 1 aromatic rings. The van der Waals surface area contributed by atoms with E-state index in [1.165, 1.54) is 0 Å². The quantitative estimate of drug-likeness (QED) is 0.679. The molecule has 1 unspecified atom stereocenters. The van der Waals surface area contributed by atoms with E-state index in [1.807, 2.05) is 0 Å². The molecule has 0 amide bonds. The van der Waals surface area contributed by atoms with E-state index in [0.29, 0.717) is 12.8 Å². The first-order chi connectivity index (χ1) is 5.84. The Labute approximate surface area is 71.1 Å². The maximum atomic E-state index is 10.0. The zero-order chi connectivity index (χ0) is 8.81. The Morgan fingerprint density at radius 2 is 2.50 bits per heavy atom. The molecule has 0 aromatic carbocycles. The summed E-state index contributed by atoms with van der Waals surface area (Å²) in [6.45, 7) is 0. The van der Waals surface area contributed by atoms with Gasteiger partial charge in [-0.2, -0.15) is 0 Å². The van der Waals surface area contributed by atoms with Crippen LogP contribution in [0.3, 0.4) is 0 Å². The van der Waals surface area contributed by atoms with Gasteiger partial charge in [-0.05, 0) is 18.1 Å². The lowest BCUT2D eigenvalue weighted by Crippen LogP contribution is -1.97. The van der Waals surface area contributed by atoms with Crippen LogP contribution in [0, 0.1) is 0 Å². The molecular formula is C9H11NO2. The number of carbonyl (C=O) groups is 1. The van der Waals surface area contributed by atoms with Crippen LogP contribution in [0.5, 0.6) is 0 Å². The van der Waals surface area contributed by atoms with E-state index in [9.17, 15) is 9.90 Å². The molecule has 0 aliphatic heterocycles. The third kappa shape index (κ3) is 2.43. The van der Waals surface area contributed by atoms with Crippen molar-refractivity contribution in [1.82, 2.24) is 4.98 Å². The molecule has 64 valence electrons. The van der Waals surface area contributed by atoms with Crippen LogP contribution < -0.4 is 0 Å². The number of hydrogen-bond donors (Lipinski definition) is 1. The summed E-state index contributed by atoms with van der Waals surface area (Å²) in [5, 5.41) is 9.45. The van der Waals surface area contributed by atoms with Crippen molar-refractivity contribution < 1.29 is 9.90 Å². The lowest BCUT2D eigenvalue weighted by Gasteiger charge is -2.06. The zero-order valence-electron chi connectivity index (χ0n) is 6.68. The van der Waals surface area contributed by atoms with Crippen molar-refractivity contribution in [3.8, 4) is 0 Å². The Morgan fingerprint density at radius 1 is 1.67 bits per heavy atom. The topological polar surface area (TPSA) is 50.2 Å². The van der Waals surface area contributed by atoms with E-state index in [2.05, 4.69) is 4.98 Å². The second kappa shape index (κ2) is 4.62. The Balaban J connectivity index is 2.53. The molecule has 1 N–H and O–H groups in total. The van der Waals surface area contributed by atoms with Crippen LogP contribution in [0.4, 0.5) is 0 Å². The molecular weight excluding hydrogens is 154 g/mol. The van der Waals surface area contributed by atoms with Gasteiger partial charge in [0.2, 0.25) is 0 Å². The maximum Gasteiger partial charge on any atom is 0.120 e. The van der Waals surface area contributed by atoms with E-state index in [-0.39, 0.29) is 0 Å². The molecule has 3 heteroatoms. The molecule has 12 heavy (non-hydrogen) atoms. The highest BCUT2D eigenvalue weighted by atomic mass is 16.3. The first-order valence-electron chi connectivity index (χ1n) is 3.86. The SMILES string of the molecule is O=CCCC(O)c1cccnc1. The minimum atomic E-state index is -0.566. The normalized spacial score (nSPS) is 12.4. The predicted molar refractivity (Wildman–Crippen MR) is 44.5 cm³/mol. The average molecular weight is 165 g/mol. The van der Waals surface area contributed by atoms with E-state index in [4.69, 9.17) is 0 Å². The average Bonchev–Trinajstić information content (AvgIpc) is 2.15. The highest BCUT2D eigenvalue weighted by molar-refractivity contribution is 5.49. The number of rotatable bonds is 4. The second-order valence-electron chi connectivity index (χ2n) is 2.55. The first-order valence-corrected chi connectivity index (χ1v) is 3.86. The van der Waals surface area contributed by atoms with E-state index in [1.54, 1.807) is 24.5 Å². The van der Waals surface area contributed by atoms with Crippen LogP contribution in [-0.2, 0) is 4.79 Å². The maximum absolute atomic E-state index is 10.0. The van der Waals surface area contributed by atoms with Gasteiger partial charge in [-0.15, -0.1) is 0 Å². The van der Waals surface area contributed by atoms with E-state index < -0.39 is 6.10 Å². The number of nitrogens with zero attached hydrogens (tertiary/aromatic N) is 1. The number of carbonyl (C=O) groups excluding carboxylic acids is 1. The Morgan fingerprint density at radius 3 is 3.08 bits per heavy atom. The smallest absolute Gasteiger partial charge is 0.120 e. The van der Waals surface area contributed by atoms with Gasteiger partial charge in [0, 0.05) is 18.8 Å². The van der Waals surface area contributed by atoms with Crippen LogP contribution in [0.1, 0.15) is 24.5 Å². The van der Waals surface area contributed by atoms with Crippen LogP contribution in [0.15, 0.2) is 24.5 Å². The van der Waals surface area contributed by atoms with Gasteiger partial charge in [-0.1, -0.05) is 6.07 Å². The van der Waals surface area contributed by atoms with Gasteiger partial charge >= 0.3 is 0 Å². The van der Waals surface area contributed by atoms with Gasteiger partial charge in [0.1, 0.15) is 6.29 Å². The monoisotopic (exact) mass is 165 g/mol. The zero-order valence-corrected chi connectivity index (χ0v) is 6.68. The summed E-state index contributed by atoms with van der Waals surface area (Å²) in [5.74, 6) is 0. The van der Waals surface area contributed by atoms with Crippen molar-refractivity contribution in [2.45, 2.75) is 18.9 Å². The molecule has 1 aromatic heterocycles. The second-order valence-corrected chi connectivity index (χ2v) is 2.55. The summed E-state index contributed by atoms with van der Waals surface area (Å²) in [4.78, 5) is 13.9. The standard InChI is InChI=1S/C9H11NO2/c11-6-2-4-9(12)8-3-1-5-10-7-8/h1,3,5-7,9,12H,2,4H2. The van der Waals surface area contributed by atoms with E-state index in [0.717, 1.165) is 11.8 Å². The molecule has 3 nitrogen and oxygen atoms in total. The molecule has 1 atom stereocenters. The summed E-state index contributed by atoms with van der Waals surface area (Å²) in [6, 6.07) is 3.56. The van der Waals surface area contributed by atoms with Crippen molar-refractivity contribution in [2.24, 2.45) is 0 Å². The van der Waals surface area contributed by atoms with Crippen molar-refractivity contribution in [3.05, 3.63) is 30.1 Å². The Kier molecular flexibility index (Phi) is 3.41. The highest BCUT2D eigenvalue weighted by Crippen LogP contribution is 2.15. The fourth-order valence-corrected chi connectivity index (χ4v) is 0.966. The van der Waals surface area contributed by atoms with E-state index >= 15 is 0 Å². The lowest BCUT2D eigenvalue weighted by molar-refractivity contribution is -0.108. The number of hydrogen-bond acceptors (Lipinski definition) is 3. The van der Waals surface area contributed by atoms with Crippen molar-refractivity contribution in [2.75, 3.05) is 0 Å². The minimum absolute atomic E-state index is 0.385. The molecule has 1 rings (SSSR count). The van der Waals surface area contributed by atoms with Crippen molar-refractivity contribution >= 4 is 6.29 Å². The van der Waals surface area contributed by atoms with Crippen LogP contribution in [-0.4, -0.2) is 16.4 Å². The number of aliphatic hydroxyl groups excluding tert-OH is 1. The van der Waals surface area contributed by atoms with Crippen LogP contribution >= 0.6 is 0 Å². The molecule has 0 radical (unpaired) electrons.